The van der Waals surface area contributed by atoms with E-state index in [1.165, 1.54) is 82.8 Å². The Morgan fingerprint density at radius 2 is 0.635 bits per heavy atom. The average molecular weight is 716 g/mol. The Kier molecular flexibility index (Phi) is 6.84. The number of fused-ring (bicyclic) bond motifs is 9. The highest BCUT2D eigenvalue weighted by molar-refractivity contribution is 7.26. The van der Waals surface area contributed by atoms with Crippen LogP contribution < -0.4 is 4.90 Å². The normalized spacial score (nSPS) is 11.8. The fourth-order valence-electron chi connectivity index (χ4n) is 7.72. The third kappa shape index (κ3) is 4.87. The van der Waals surface area contributed by atoms with Gasteiger partial charge in [0.1, 0.15) is 0 Å². The summed E-state index contributed by atoms with van der Waals surface area (Å²) >= 11 is 5.60. The summed E-state index contributed by atoms with van der Waals surface area (Å²) in [6.45, 7) is 0. The number of hydrogen-bond acceptors (Lipinski definition) is 4. The maximum absolute atomic E-state index is 2.39. The molecule has 1 nitrogen and oxygen atoms in total. The van der Waals surface area contributed by atoms with Gasteiger partial charge in [-0.3, -0.25) is 0 Å². The van der Waals surface area contributed by atoms with Crippen LogP contribution in [-0.2, 0) is 0 Å². The van der Waals surface area contributed by atoms with Gasteiger partial charge in [-0.25, -0.2) is 0 Å². The quantitative estimate of drug-likeness (QED) is 0.171. The summed E-state index contributed by atoms with van der Waals surface area (Å²) in [5.74, 6) is 0. The first kappa shape index (κ1) is 29.9. The van der Waals surface area contributed by atoms with Gasteiger partial charge in [0.25, 0.3) is 0 Å². The smallest absolute Gasteiger partial charge is 0.0476 e. The Labute approximate surface area is 312 Å². The van der Waals surface area contributed by atoms with Gasteiger partial charge in [0.05, 0.1) is 0 Å². The van der Waals surface area contributed by atoms with Crippen molar-refractivity contribution in [3.63, 3.8) is 0 Å². The van der Waals surface area contributed by atoms with Crippen LogP contribution in [0.4, 0.5) is 17.1 Å². The van der Waals surface area contributed by atoms with Crippen molar-refractivity contribution in [2.75, 3.05) is 4.90 Å². The van der Waals surface area contributed by atoms with Crippen molar-refractivity contribution in [2.45, 2.75) is 0 Å². The van der Waals surface area contributed by atoms with Gasteiger partial charge in [-0.2, -0.15) is 0 Å². The van der Waals surface area contributed by atoms with Crippen LogP contribution in [0.1, 0.15) is 0 Å². The molecule has 0 aliphatic heterocycles. The zero-order valence-corrected chi connectivity index (χ0v) is 30.4. The van der Waals surface area contributed by atoms with Gasteiger partial charge in [0, 0.05) is 77.6 Å². The average Bonchev–Trinajstić information content (AvgIpc) is 3.89. The van der Waals surface area contributed by atoms with Crippen molar-refractivity contribution in [1.82, 2.24) is 0 Å². The largest absolute Gasteiger partial charge is 0.310 e. The molecular formula is C48H29NS3. The molecule has 0 spiro atoms. The van der Waals surface area contributed by atoms with Gasteiger partial charge in [-0.05, 0) is 95.1 Å². The molecular weight excluding hydrogens is 687 g/mol. The lowest BCUT2D eigenvalue weighted by molar-refractivity contribution is 1.29. The van der Waals surface area contributed by atoms with Gasteiger partial charge in [-0.1, -0.05) is 103 Å². The van der Waals surface area contributed by atoms with Crippen LogP contribution in [0.2, 0.25) is 0 Å². The second-order valence-electron chi connectivity index (χ2n) is 13.3. The minimum Gasteiger partial charge on any atom is -0.310 e. The highest BCUT2D eigenvalue weighted by Gasteiger charge is 2.16. The van der Waals surface area contributed by atoms with Crippen molar-refractivity contribution >= 4 is 112 Å². The molecule has 52 heavy (non-hydrogen) atoms. The SMILES string of the molecule is c1ccc2c(c1)sc1cc(-c3ccc(N(c4ccc(-c5ccc6sc7ccccc7c6c5)cc4)c4ccc5c(c4)sc4ccccc45)cc3)ccc12. The summed E-state index contributed by atoms with van der Waals surface area (Å²) in [5.41, 5.74) is 8.32. The predicted octanol–water partition coefficient (Wildman–Crippen LogP) is 15.6. The van der Waals surface area contributed by atoms with Crippen molar-refractivity contribution in [3.05, 3.63) is 176 Å². The summed E-state index contributed by atoms with van der Waals surface area (Å²) in [6, 6.07) is 65.0. The van der Waals surface area contributed by atoms with E-state index < -0.39 is 0 Å². The minimum atomic E-state index is 1.13. The molecule has 0 amide bonds. The van der Waals surface area contributed by atoms with Crippen molar-refractivity contribution < 1.29 is 0 Å². The molecule has 4 heteroatoms. The van der Waals surface area contributed by atoms with E-state index in [2.05, 4.69) is 181 Å². The second-order valence-corrected chi connectivity index (χ2v) is 16.6. The number of thiophene rings is 3. The maximum Gasteiger partial charge on any atom is 0.0476 e. The van der Waals surface area contributed by atoms with Crippen LogP contribution in [0, 0.1) is 0 Å². The molecule has 8 aromatic carbocycles. The van der Waals surface area contributed by atoms with Crippen LogP contribution in [0.15, 0.2) is 176 Å². The molecule has 0 saturated carbocycles. The lowest BCUT2D eigenvalue weighted by atomic mass is 10.0. The van der Waals surface area contributed by atoms with E-state index in [9.17, 15) is 0 Å². The van der Waals surface area contributed by atoms with E-state index in [4.69, 9.17) is 0 Å². The summed E-state index contributed by atoms with van der Waals surface area (Å²) in [7, 11) is 0. The van der Waals surface area contributed by atoms with Crippen molar-refractivity contribution in [3.8, 4) is 22.3 Å². The molecule has 0 fully saturated rings. The first-order valence-corrected chi connectivity index (χ1v) is 19.9. The number of anilines is 3. The van der Waals surface area contributed by atoms with Gasteiger partial charge in [-0.15, -0.1) is 34.0 Å². The zero-order valence-electron chi connectivity index (χ0n) is 27.9. The first-order chi connectivity index (χ1) is 25.7. The summed E-state index contributed by atoms with van der Waals surface area (Å²) < 4.78 is 7.94. The van der Waals surface area contributed by atoms with E-state index in [0.29, 0.717) is 0 Å². The lowest BCUT2D eigenvalue weighted by Gasteiger charge is -2.26. The molecule has 0 aliphatic rings. The van der Waals surface area contributed by atoms with Crippen LogP contribution >= 0.6 is 34.0 Å². The number of nitrogens with zero attached hydrogens (tertiary/aromatic N) is 1. The zero-order chi connectivity index (χ0) is 34.2. The highest BCUT2D eigenvalue weighted by atomic mass is 32.1. The molecule has 3 aromatic heterocycles. The Hall–Kier alpha value is -5.78. The molecule has 11 aromatic rings. The molecule has 0 atom stereocenters. The molecule has 0 unspecified atom stereocenters. The maximum atomic E-state index is 2.39. The fourth-order valence-corrected chi connectivity index (χ4v) is 11.1. The number of benzene rings is 8. The van der Waals surface area contributed by atoms with Crippen molar-refractivity contribution in [2.24, 2.45) is 0 Å². The standard InChI is InChI=1S/C48H29NS3/c1-4-10-43-37(7-1)40-24-17-33(28-47(40)51-43)31-15-21-35(22-16-31)49(36-23-25-41-38-8-2-5-11-44(38)52-48(41)29-36)34-19-13-30(14-20-34)32-18-26-46-42(27-32)39-9-3-6-12-45(39)50-46/h1-29H. The Morgan fingerprint density at radius 3 is 1.23 bits per heavy atom. The number of hydrogen-bond donors (Lipinski definition) is 0. The highest BCUT2D eigenvalue weighted by Crippen LogP contribution is 2.43. The van der Waals surface area contributed by atoms with Crippen molar-refractivity contribution in [1.29, 1.82) is 0 Å². The van der Waals surface area contributed by atoms with E-state index in [-0.39, 0.29) is 0 Å². The molecule has 0 bridgehead atoms. The molecule has 0 N–H and O–H groups in total. The van der Waals surface area contributed by atoms with Gasteiger partial charge < -0.3 is 4.90 Å². The lowest BCUT2D eigenvalue weighted by Crippen LogP contribution is -2.09. The van der Waals surface area contributed by atoms with Crippen LogP contribution in [0.3, 0.4) is 0 Å². The van der Waals surface area contributed by atoms with E-state index in [1.807, 2.05) is 34.0 Å². The van der Waals surface area contributed by atoms with Gasteiger partial charge in [0.15, 0.2) is 0 Å². The van der Waals surface area contributed by atoms with E-state index >= 15 is 0 Å². The molecule has 0 radical (unpaired) electrons. The molecule has 0 saturated heterocycles. The molecule has 0 aliphatic carbocycles. The monoisotopic (exact) mass is 715 g/mol. The van der Waals surface area contributed by atoms with Crippen LogP contribution in [-0.4, -0.2) is 0 Å². The third-order valence-corrected chi connectivity index (χ3v) is 13.7. The second kappa shape index (κ2) is 11.9. The summed E-state index contributed by atoms with van der Waals surface area (Å²) in [6.07, 6.45) is 0. The topological polar surface area (TPSA) is 3.24 Å². The van der Waals surface area contributed by atoms with Crippen LogP contribution in [0.5, 0.6) is 0 Å². The molecule has 11 rings (SSSR count). The van der Waals surface area contributed by atoms with Crippen LogP contribution in [0.25, 0.3) is 82.8 Å². The predicted molar refractivity (Wildman–Crippen MR) is 231 cm³/mol. The third-order valence-electron chi connectivity index (χ3n) is 10.3. The van der Waals surface area contributed by atoms with E-state index in [0.717, 1.165) is 17.1 Å². The van der Waals surface area contributed by atoms with Gasteiger partial charge >= 0.3 is 0 Å². The number of rotatable bonds is 5. The Balaban J connectivity index is 0.998. The summed E-state index contributed by atoms with van der Waals surface area (Å²) in [5, 5.41) is 7.95. The van der Waals surface area contributed by atoms with E-state index in [1.54, 1.807) is 0 Å². The van der Waals surface area contributed by atoms with Gasteiger partial charge in [0.2, 0.25) is 0 Å². The minimum absolute atomic E-state index is 1.13. The molecule has 3 heterocycles. The summed E-state index contributed by atoms with van der Waals surface area (Å²) in [4.78, 5) is 2.39. The first-order valence-electron chi connectivity index (χ1n) is 17.5. The fraction of sp³-hybridized carbons (Fsp3) is 0. The Morgan fingerprint density at radius 1 is 0.250 bits per heavy atom. The Bertz CT molecular complexity index is 3130. The molecule has 244 valence electrons.